The van der Waals surface area contributed by atoms with Crippen molar-refractivity contribution in [3.05, 3.63) is 29.3 Å². The predicted molar refractivity (Wildman–Crippen MR) is 98.4 cm³/mol. The van der Waals surface area contributed by atoms with Crippen LogP contribution in [-0.4, -0.2) is 22.6 Å². The van der Waals surface area contributed by atoms with Gasteiger partial charge in [-0.3, -0.25) is 0 Å². The maximum atomic E-state index is 5.74. The normalized spacial score (nSPS) is 29.5. The van der Waals surface area contributed by atoms with Gasteiger partial charge in [0.05, 0.1) is 0 Å². The number of benzene rings is 1. The summed E-state index contributed by atoms with van der Waals surface area (Å²) in [6.07, 6.45) is 3.84. The number of anilines is 1. The second kappa shape index (κ2) is 5.23. The summed E-state index contributed by atoms with van der Waals surface area (Å²) in [5, 5.41) is 4.36. The van der Waals surface area contributed by atoms with Crippen LogP contribution in [0.1, 0.15) is 51.2 Å². The van der Waals surface area contributed by atoms with Gasteiger partial charge in [0.15, 0.2) is 5.11 Å². The maximum Gasteiger partial charge on any atom is 0.173 e. The molecule has 0 amide bonds. The van der Waals surface area contributed by atoms with E-state index in [9.17, 15) is 0 Å². The Kier molecular flexibility index (Phi) is 3.75. The Bertz CT molecular complexity index is 607. The van der Waals surface area contributed by atoms with Crippen LogP contribution in [-0.2, 0) is 0 Å². The molecule has 2 atom stereocenters. The second-order valence-corrected chi connectivity index (χ2v) is 8.96. The van der Waals surface area contributed by atoms with Crippen LogP contribution in [0.25, 0.3) is 0 Å². The SMILES string of the molecule is Cc1ccc(NC(=S)N2CC3(C)CC2CC(C)(C)C3)cc1C. The molecule has 1 saturated carbocycles. The van der Waals surface area contributed by atoms with Crippen molar-refractivity contribution < 1.29 is 0 Å². The number of nitrogens with one attached hydrogen (secondary N) is 1. The summed E-state index contributed by atoms with van der Waals surface area (Å²) in [7, 11) is 0. The molecule has 1 heterocycles. The molecule has 0 spiro atoms. The summed E-state index contributed by atoms with van der Waals surface area (Å²) in [6.45, 7) is 12.6. The number of likely N-dealkylation sites (tertiary alicyclic amines) is 1. The molecule has 2 nitrogen and oxygen atoms in total. The molecule has 120 valence electrons. The van der Waals surface area contributed by atoms with Crippen LogP contribution in [0, 0.1) is 24.7 Å². The van der Waals surface area contributed by atoms with Crippen molar-refractivity contribution >= 4 is 23.0 Å². The number of hydrogen-bond donors (Lipinski definition) is 1. The number of fused-ring (bicyclic) bond motifs is 2. The quantitative estimate of drug-likeness (QED) is 0.742. The molecule has 3 rings (SSSR count). The van der Waals surface area contributed by atoms with Gasteiger partial charge in [-0.1, -0.05) is 26.8 Å². The highest BCUT2D eigenvalue weighted by Crippen LogP contribution is 2.52. The third-order valence-corrected chi connectivity index (χ3v) is 5.77. The molecular formula is C19H28N2S. The average Bonchev–Trinajstić information content (AvgIpc) is 2.63. The molecular weight excluding hydrogens is 288 g/mol. The molecule has 2 bridgehead atoms. The van der Waals surface area contributed by atoms with Crippen LogP contribution < -0.4 is 5.32 Å². The first-order valence-electron chi connectivity index (χ1n) is 8.32. The lowest BCUT2D eigenvalue weighted by Gasteiger charge is -2.39. The maximum absolute atomic E-state index is 5.74. The monoisotopic (exact) mass is 316 g/mol. The van der Waals surface area contributed by atoms with Crippen LogP contribution in [0.3, 0.4) is 0 Å². The van der Waals surface area contributed by atoms with E-state index in [4.69, 9.17) is 12.2 Å². The summed E-state index contributed by atoms with van der Waals surface area (Å²) in [4.78, 5) is 2.44. The zero-order valence-corrected chi connectivity index (χ0v) is 15.3. The molecule has 1 saturated heterocycles. The van der Waals surface area contributed by atoms with Crippen molar-refractivity contribution in [2.45, 2.75) is 59.9 Å². The molecule has 1 aliphatic carbocycles. The number of nitrogens with zero attached hydrogens (tertiary/aromatic N) is 1. The van der Waals surface area contributed by atoms with Crippen LogP contribution >= 0.6 is 12.2 Å². The molecule has 3 heteroatoms. The van der Waals surface area contributed by atoms with E-state index in [2.05, 4.69) is 63.0 Å². The topological polar surface area (TPSA) is 15.3 Å². The van der Waals surface area contributed by atoms with Crippen molar-refractivity contribution in [1.82, 2.24) is 4.90 Å². The molecule has 0 radical (unpaired) electrons. The van der Waals surface area contributed by atoms with Gasteiger partial charge >= 0.3 is 0 Å². The van der Waals surface area contributed by atoms with Gasteiger partial charge in [-0.25, -0.2) is 0 Å². The fourth-order valence-corrected chi connectivity index (χ4v) is 5.04. The van der Waals surface area contributed by atoms with E-state index >= 15 is 0 Å². The van der Waals surface area contributed by atoms with E-state index in [-0.39, 0.29) is 0 Å². The zero-order valence-electron chi connectivity index (χ0n) is 14.5. The summed E-state index contributed by atoms with van der Waals surface area (Å²) in [5.41, 5.74) is 4.59. The van der Waals surface area contributed by atoms with E-state index < -0.39 is 0 Å². The van der Waals surface area contributed by atoms with E-state index in [1.807, 2.05) is 0 Å². The van der Waals surface area contributed by atoms with Crippen LogP contribution in [0.4, 0.5) is 5.69 Å². The highest BCUT2D eigenvalue weighted by molar-refractivity contribution is 7.80. The van der Waals surface area contributed by atoms with Crippen molar-refractivity contribution in [3.63, 3.8) is 0 Å². The third-order valence-electron chi connectivity index (χ3n) is 5.43. The Morgan fingerprint density at radius 1 is 1.18 bits per heavy atom. The lowest BCUT2D eigenvalue weighted by Crippen LogP contribution is -2.39. The van der Waals surface area contributed by atoms with Gasteiger partial charge in [0.2, 0.25) is 0 Å². The Morgan fingerprint density at radius 2 is 1.91 bits per heavy atom. The number of rotatable bonds is 1. The lowest BCUT2D eigenvalue weighted by molar-refractivity contribution is 0.132. The minimum atomic E-state index is 0.418. The standard InChI is InChI=1S/C19H28N2S/c1-13-6-7-15(8-14(13)2)20-17(22)21-12-19(5)10-16(21)9-18(3,4)11-19/h6-8,16H,9-12H2,1-5H3,(H,20,22). The van der Waals surface area contributed by atoms with Gasteiger partial charge in [0.25, 0.3) is 0 Å². The summed E-state index contributed by atoms with van der Waals surface area (Å²) in [6, 6.07) is 7.07. The zero-order chi connectivity index (χ0) is 16.1. The minimum Gasteiger partial charge on any atom is -0.345 e. The number of aryl methyl sites for hydroxylation is 2. The molecule has 22 heavy (non-hydrogen) atoms. The average molecular weight is 317 g/mol. The van der Waals surface area contributed by atoms with E-state index in [1.165, 1.54) is 30.4 Å². The summed E-state index contributed by atoms with van der Waals surface area (Å²) >= 11 is 5.74. The Labute approximate surface area is 140 Å². The van der Waals surface area contributed by atoms with E-state index in [0.29, 0.717) is 16.9 Å². The smallest absolute Gasteiger partial charge is 0.173 e. The third kappa shape index (κ3) is 3.01. The molecule has 2 unspecified atom stereocenters. The Balaban J connectivity index is 1.74. The fraction of sp³-hybridized carbons (Fsp3) is 0.632. The molecule has 2 fully saturated rings. The molecule has 1 N–H and O–H groups in total. The van der Waals surface area contributed by atoms with E-state index in [0.717, 1.165) is 17.3 Å². The lowest BCUT2D eigenvalue weighted by atomic mass is 9.65. The summed E-state index contributed by atoms with van der Waals surface area (Å²) < 4.78 is 0. The molecule has 2 aliphatic rings. The Hall–Kier alpha value is -1.09. The molecule has 1 aliphatic heterocycles. The first-order chi connectivity index (χ1) is 10.2. The van der Waals surface area contributed by atoms with Crippen molar-refractivity contribution in [2.75, 3.05) is 11.9 Å². The fourth-order valence-electron chi connectivity index (χ4n) is 4.71. The van der Waals surface area contributed by atoms with Gasteiger partial charge in [-0.05, 0) is 79.4 Å². The van der Waals surface area contributed by atoms with Gasteiger partial charge in [0, 0.05) is 18.3 Å². The van der Waals surface area contributed by atoms with Crippen molar-refractivity contribution in [1.29, 1.82) is 0 Å². The van der Waals surface area contributed by atoms with Crippen LogP contribution in [0.5, 0.6) is 0 Å². The molecule has 1 aromatic carbocycles. The van der Waals surface area contributed by atoms with Crippen molar-refractivity contribution in [3.8, 4) is 0 Å². The largest absolute Gasteiger partial charge is 0.345 e. The molecule has 1 aromatic rings. The predicted octanol–water partition coefficient (Wildman–Crippen LogP) is 4.90. The van der Waals surface area contributed by atoms with Gasteiger partial charge in [0.1, 0.15) is 0 Å². The van der Waals surface area contributed by atoms with Crippen molar-refractivity contribution in [2.24, 2.45) is 10.8 Å². The van der Waals surface area contributed by atoms with Gasteiger partial charge in [-0.2, -0.15) is 0 Å². The first-order valence-corrected chi connectivity index (χ1v) is 8.73. The van der Waals surface area contributed by atoms with Crippen LogP contribution in [0.2, 0.25) is 0 Å². The summed E-state index contributed by atoms with van der Waals surface area (Å²) in [5.74, 6) is 0. The molecule has 0 aromatic heterocycles. The Morgan fingerprint density at radius 3 is 2.59 bits per heavy atom. The highest BCUT2D eigenvalue weighted by Gasteiger charge is 2.50. The van der Waals surface area contributed by atoms with Crippen LogP contribution in [0.15, 0.2) is 18.2 Å². The number of thiocarbonyl (C=S) groups is 1. The minimum absolute atomic E-state index is 0.418. The second-order valence-electron chi connectivity index (χ2n) is 8.57. The van der Waals surface area contributed by atoms with E-state index in [1.54, 1.807) is 0 Å². The highest BCUT2D eigenvalue weighted by atomic mass is 32.1. The van der Waals surface area contributed by atoms with Gasteiger partial charge < -0.3 is 10.2 Å². The van der Waals surface area contributed by atoms with Gasteiger partial charge in [-0.15, -0.1) is 0 Å². The first kappa shape index (κ1) is 15.8. The number of hydrogen-bond acceptors (Lipinski definition) is 1.